The van der Waals surface area contributed by atoms with E-state index >= 15 is 0 Å². The van der Waals surface area contributed by atoms with E-state index in [1.54, 1.807) is 0 Å². The zero-order valence-corrected chi connectivity index (χ0v) is 14.0. The lowest BCUT2D eigenvalue weighted by Gasteiger charge is -2.34. The van der Waals surface area contributed by atoms with Crippen LogP contribution in [-0.4, -0.2) is 61.1 Å². The Balaban J connectivity index is 1.48. The van der Waals surface area contributed by atoms with Crippen LogP contribution in [0.3, 0.4) is 0 Å². The van der Waals surface area contributed by atoms with Crippen LogP contribution >= 0.6 is 0 Å². The van der Waals surface area contributed by atoms with Crippen LogP contribution in [0.4, 0.5) is 5.69 Å². The third kappa shape index (κ3) is 4.53. The van der Waals surface area contributed by atoms with Gasteiger partial charge in [0.15, 0.2) is 0 Å². The van der Waals surface area contributed by atoms with E-state index in [1.165, 1.54) is 5.56 Å². The smallest absolute Gasteiger partial charge is 0.253 e. The van der Waals surface area contributed by atoms with Crippen molar-refractivity contribution in [1.29, 1.82) is 0 Å². The van der Waals surface area contributed by atoms with E-state index in [0.29, 0.717) is 6.61 Å². The van der Waals surface area contributed by atoms with Gasteiger partial charge in [0.2, 0.25) is 0 Å². The van der Waals surface area contributed by atoms with E-state index in [1.807, 2.05) is 12.1 Å². The lowest BCUT2D eigenvalue weighted by molar-refractivity contribution is -0.124. The van der Waals surface area contributed by atoms with Crippen molar-refractivity contribution in [2.24, 2.45) is 0 Å². The second kappa shape index (κ2) is 7.90. The molecule has 0 radical (unpaired) electrons. The van der Waals surface area contributed by atoms with Crippen molar-refractivity contribution in [2.75, 3.05) is 44.6 Å². The number of piperazine rings is 1. The van der Waals surface area contributed by atoms with Crippen molar-refractivity contribution in [3.8, 4) is 0 Å². The first-order valence-electron chi connectivity index (χ1n) is 8.70. The molecule has 2 aliphatic heterocycles. The van der Waals surface area contributed by atoms with Crippen molar-refractivity contribution < 1.29 is 9.53 Å². The quantitative estimate of drug-likeness (QED) is 0.901. The minimum absolute atomic E-state index is 0.0223. The van der Waals surface area contributed by atoms with Crippen LogP contribution in [0.25, 0.3) is 0 Å². The molecule has 3 rings (SSSR count). The summed E-state index contributed by atoms with van der Waals surface area (Å²) in [5.41, 5.74) is 2.15. The second-order valence-corrected chi connectivity index (χ2v) is 6.40. The fraction of sp³-hybridized carbons (Fsp3) is 0.611. The molecule has 1 atom stereocenters. The van der Waals surface area contributed by atoms with Gasteiger partial charge in [0.05, 0.1) is 0 Å². The van der Waals surface area contributed by atoms with Crippen molar-refractivity contribution in [1.82, 2.24) is 9.80 Å². The van der Waals surface area contributed by atoms with Gasteiger partial charge in [0.25, 0.3) is 5.91 Å². The molecule has 0 bridgehead atoms. The number of nitrogens with zero attached hydrogens (tertiary/aromatic N) is 2. The molecule has 0 spiro atoms. The van der Waals surface area contributed by atoms with Crippen molar-refractivity contribution in [3.63, 3.8) is 0 Å². The Morgan fingerprint density at radius 1 is 1.17 bits per heavy atom. The largest absolute Gasteiger partial charge is 0.368 e. The highest BCUT2D eigenvalue weighted by Crippen LogP contribution is 2.16. The summed E-state index contributed by atoms with van der Waals surface area (Å²) < 4.78 is 5.41. The molecule has 0 saturated carbocycles. The molecule has 126 valence electrons. The highest BCUT2D eigenvalue weighted by molar-refractivity contribution is 5.94. The maximum Gasteiger partial charge on any atom is 0.253 e. The Morgan fingerprint density at radius 2 is 1.87 bits per heavy atom. The van der Waals surface area contributed by atoms with Gasteiger partial charge in [-0.1, -0.05) is 19.1 Å². The Hall–Kier alpha value is -1.43. The molecule has 1 aromatic rings. The third-order valence-electron chi connectivity index (χ3n) is 4.76. The summed E-state index contributed by atoms with van der Waals surface area (Å²) in [5, 5.41) is 2.94. The number of rotatable bonds is 5. The van der Waals surface area contributed by atoms with Crippen LogP contribution in [0.15, 0.2) is 24.3 Å². The van der Waals surface area contributed by atoms with Crippen molar-refractivity contribution >= 4 is 11.6 Å². The Bertz CT molecular complexity index is 504. The minimum Gasteiger partial charge on any atom is -0.368 e. The Kier molecular flexibility index (Phi) is 5.65. The van der Waals surface area contributed by atoms with E-state index in [0.717, 1.165) is 57.8 Å². The summed E-state index contributed by atoms with van der Waals surface area (Å²) in [4.78, 5) is 17.0. The maximum absolute atomic E-state index is 12.0. The average Bonchev–Trinajstić information content (AvgIpc) is 3.12. The summed E-state index contributed by atoms with van der Waals surface area (Å²) in [6.07, 6.45) is 1.53. The number of benzene rings is 1. The van der Waals surface area contributed by atoms with Gasteiger partial charge in [-0.25, -0.2) is 0 Å². The molecule has 5 heteroatoms. The average molecular weight is 317 g/mol. The van der Waals surface area contributed by atoms with E-state index < -0.39 is 0 Å². The first-order valence-corrected chi connectivity index (χ1v) is 8.70. The number of nitrogens with one attached hydrogen (secondary N) is 1. The molecular formula is C18H27N3O2. The van der Waals surface area contributed by atoms with Crippen LogP contribution < -0.4 is 5.32 Å². The van der Waals surface area contributed by atoms with Crippen molar-refractivity contribution in [3.05, 3.63) is 29.8 Å². The molecule has 2 fully saturated rings. The maximum atomic E-state index is 12.0. The highest BCUT2D eigenvalue weighted by atomic mass is 16.5. The molecule has 1 N–H and O–H groups in total. The molecule has 2 saturated heterocycles. The summed E-state index contributed by atoms with van der Waals surface area (Å²) in [5.74, 6) is -0.0223. The predicted octanol–water partition coefficient (Wildman–Crippen LogP) is 1.94. The number of hydrogen-bond acceptors (Lipinski definition) is 4. The van der Waals surface area contributed by atoms with E-state index in [9.17, 15) is 4.79 Å². The summed E-state index contributed by atoms with van der Waals surface area (Å²) in [6, 6.07) is 8.20. The Morgan fingerprint density at radius 3 is 2.48 bits per heavy atom. The van der Waals surface area contributed by atoms with E-state index in [2.05, 4.69) is 34.2 Å². The number of anilines is 1. The fourth-order valence-corrected chi connectivity index (χ4v) is 3.22. The number of likely N-dealkylation sites (N-methyl/N-ethyl adjacent to an activating group) is 1. The van der Waals surface area contributed by atoms with Crippen molar-refractivity contribution in [2.45, 2.75) is 32.4 Å². The van der Waals surface area contributed by atoms with Crippen LogP contribution in [0.5, 0.6) is 0 Å². The summed E-state index contributed by atoms with van der Waals surface area (Å²) in [6.45, 7) is 9.63. The SMILES string of the molecule is CCN1CCN(Cc2ccc(NC(=O)[C@@H]3CCCO3)cc2)CC1. The molecule has 1 amide bonds. The van der Waals surface area contributed by atoms with E-state index in [-0.39, 0.29) is 12.0 Å². The van der Waals surface area contributed by atoms with Crippen LogP contribution in [0.2, 0.25) is 0 Å². The first kappa shape index (κ1) is 16.4. The number of amides is 1. The summed E-state index contributed by atoms with van der Waals surface area (Å²) >= 11 is 0. The highest BCUT2D eigenvalue weighted by Gasteiger charge is 2.23. The number of carbonyl (C=O) groups excluding carboxylic acids is 1. The molecule has 23 heavy (non-hydrogen) atoms. The van der Waals surface area contributed by atoms with Gasteiger partial charge >= 0.3 is 0 Å². The number of hydrogen-bond donors (Lipinski definition) is 1. The monoisotopic (exact) mass is 317 g/mol. The fourth-order valence-electron chi connectivity index (χ4n) is 3.22. The lowest BCUT2D eigenvalue weighted by Crippen LogP contribution is -2.45. The lowest BCUT2D eigenvalue weighted by atomic mass is 10.1. The van der Waals surface area contributed by atoms with Crippen LogP contribution in [0, 0.1) is 0 Å². The molecule has 0 aromatic heterocycles. The first-order chi connectivity index (χ1) is 11.2. The molecule has 0 aliphatic carbocycles. The normalized spacial score (nSPS) is 23.1. The predicted molar refractivity (Wildman–Crippen MR) is 91.4 cm³/mol. The minimum atomic E-state index is -0.274. The third-order valence-corrected chi connectivity index (χ3v) is 4.76. The van der Waals surface area contributed by atoms with Gasteiger partial charge in [-0.2, -0.15) is 0 Å². The van der Waals surface area contributed by atoms with Crippen LogP contribution in [0.1, 0.15) is 25.3 Å². The topological polar surface area (TPSA) is 44.8 Å². The number of carbonyl (C=O) groups is 1. The zero-order valence-electron chi connectivity index (χ0n) is 14.0. The molecule has 1 aromatic carbocycles. The second-order valence-electron chi connectivity index (χ2n) is 6.40. The van der Waals surface area contributed by atoms with Gasteiger partial charge in [-0.15, -0.1) is 0 Å². The zero-order chi connectivity index (χ0) is 16.1. The summed E-state index contributed by atoms with van der Waals surface area (Å²) in [7, 11) is 0. The van der Waals surface area contributed by atoms with Gasteiger partial charge < -0.3 is 15.0 Å². The molecular weight excluding hydrogens is 290 g/mol. The van der Waals surface area contributed by atoms with Gasteiger partial charge in [0.1, 0.15) is 6.10 Å². The Labute approximate surface area is 138 Å². The van der Waals surface area contributed by atoms with Gasteiger partial charge in [0, 0.05) is 45.0 Å². The van der Waals surface area contributed by atoms with Gasteiger partial charge in [-0.05, 0) is 37.1 Å². The van der Waals surface area contributed by atoms with E-state index in [4.69, 9.17) is 4.74 Å². The number of ether oxygens (including phenoxy) is 1. The van der Waals surface area contributed by atoms with Gasteiger partial charge in [-0.3, -0.25) is 9.69 Å². The molecule has 5 nitrogen and oxygen atoms in total. The van der Waals surface area contributed by atoms with Crippen LogP contribution in [-0.2, 0) is 16.1 Å². The molecule has 2 aliphatic rings. The molecule has 0 unspecified atom stereocenters. The molecule has 2 heterocycles. The standard InChI is InChI=1S/C18H27N3O2/c1-2-20-9-11-21(12-10-20)14-15-5-7-16(8-6-15)19-18(22)17-4-3-13-23-17/h5-8,17H,2-4,9-14H2,1H3,(H,19,22)/t17-/m0/s1.